The predicted molar refractivity (Wildman–Crippen MR) is 93.5 cm³/mol. The number of amides is 1. The zero-order valence-corrected chi connectivity index (χ0v) is 14.1. The second kappa shape index (κ2) is 7.51. The molecule has 2 aromatic rings. The van der Waals surface area contributed by atoms with E-state index < -0.39 is 0 Å². The standard InChI is InChI=1S/C17H22N4O.ClH/c1-21-16-8-4-7-15(13(16)11-19-21)20-17(22)10-9-12-5-2-3-6-14(12)18;/h2-3,5-6,11,15H,4,7-10,18H2,1H3,(H,20,22);1H. The van der Waals surface area contributed by atoms with Crippen LogP contribution < -0.4 is 11.1 Å². The molecular formula is C17H23ClN4O. The number of fused-ring (bicyclic) bond motifs is 1. The van der Waals surface area contributed by atoms with E-state index in [0.717, 1.165) is 30.5 Å². The van der Waals surface area contributed by atoms with E-state index >= 15 is 0 Å². The van der Waals surface area contributed by atoms with Crippen LogP contribution in [0.15, 0.2) is 30.5 Å². The number of nitrogens with zero attached hydrogens (tertiary/aromatic N) is 2. The fourth-order valence-electron chi connectivity index (χ4n) is 3.13. The minimum Gasteiger partial charge on any atom is -0.399 e. The van der Waals surface area contributed by atoms with Gasteiger partial charge < -0.3 is 11.1 Å². The van der Waals surface area contributed by atoms with Crippen LogP contribution in [0.25, 0.3) is 0 Å². The quantitative estimate of drug-likeness (QED) is 0.844. The molecule has 0 aliphatic heterocycles. The van der Waals surface area contributed by atoms with Crippen LogP contribution in [0.2, 0.25) is 0 Å². The van der Waals surface area contributed by atoms with Crippen LogP contribution in [0.3, 0.4) is 0 Å². The highest BCUT2D eigenvalue weighted by Gasteiger charge is 2.24. The lowest BCUT2D eigenvalue weighted by Crippen LogP contribution is -2.31. The Morgan fingerprint density at radius 3 is 3.00 bits per heavy atom. The van der Waals surface area contributed by atoms with Gasteiger partial charge in [-0.15, -0.1) is 12.4 Å². The number of nitrogen functional groups attached to an aromatic ring is 1. The van der Waals surface area contributed by atoms with E-state index in [0.29, 0.717) is 12.8 Å². The van der Waals surface area contributed by atoms with Crippen molar-refractivity contribution >= 4 is 24.0 Å². The number of para-hydroxylation sites is 1. The van der Waals surface area contributed by atoms with Gasteiger partial charge in [-0.25, -0.2) is 0 Å². The highest BCUT2D eigenvalue weighted by molar-refractivity contribution is 5.85. The van der Waals surface area contributed by atoms with Crippen molar-refractivity contribution in [3.8, 4) is 0 Å². The molecule has 1 heterocycles. The molecule has 0 spiro atoms. The number of aromatic nitrogens is 2. The maximum absolute atomic E-state index is 12.2. The summed E-state index contributed by atoms with van der Waals surface area (Å²) >= 11 is 0. The first-order valence-electron chi connectivity index (χ1n) is 7.78. The van der Waals surface area contributed by atoms with Gasteiger partial charge in [0.25, 0.3) is 0 Å². The van der Waals surface area contributed by atoms with E-state index in [9.17, 15) is 4.79 Å². The van der Waals surface area contributed by atoms with E-state index in [1.165, 1.54) is 11.3 Å². The summed E-state index contributed by atoms with van der Waals surface area (Å²) in [6.45, 7) is 0. The number of carbonyl (C=O) groups excluding carboxylic acids is 1. The Hall–Kier alpha value is -2.01. The predicted octanol–water partition coefficient (Wildman–Crippen LogP) is 2.55. The van der Waals surface area contributed by atoms with Gasteiger partial charge in [0.1, 0.15) is 0 Å². The smallest absolute Gasteiger partial charge is 0.220 e. The van der Waals surface area contributed by atoms with Gasteiger partial charge in [0, 0.05) is 30.4 Å². The van der Waals surface area contributed by atoms with Crippen LogP contribution in [-0.4, -0.2) is 15.7 Å². The molecule has 0 radical (unpaired) electrons. The van der Waals surface area contributed by atoms with Crippen molar-refractivity contribution in [1.82, 2.24) is 15.1 Å². The van der Waals surface area contributed by atoms with Crippen LogP contribution in [0.4, 0.5) is 5.69 Å². The molecule has 3 rings (SSSR count). The Bertz CT molecular complexity index is 683. The van der Waals surface area contributed by atoms with E-state index in [-0.39, 0.29) is 24.4 Å². The molecule has 1 aliphatic rings. The van der Waals surface area contributed by atoms with E-state index in [2.05, 4.69) is 10.4 Å². The molecule has 23 heavy (non-hydrogen) atoms. The first-order chi connectivity index (χ1) is 10.6. The molecule has 1 amide bonds. The Kier molecular flexibility index (Phi) is 5.66. The van der Waals surface area contributed by atoms with Crippen molar-refractivity contribution in [2.45, 2.75) is 38.1 Å². The molecule has 0 saturated heterocycles. The van der Waals surface area contributed by atoms with Crippen LogP contribution in [0.1, 0.15) is 42.1 Å². The topological polar surface area (TPSA) is 72.9 Å². The first kappa shape index (κ1) is 17.3. The molecule has 1 unspecified atom stereocenters. The Morgan fingerprint density at radius 1 is 1.43 bits per heavy atom. The summed E-state index contributed by atoms with van der Waals surface area (Å²) < 4.78 is 1.91. The lowest BCUT2D eigenvalue weighted by molar-refractivity contribution is -0.121. The summed E-state index contributed by atoms with van der Waals surface area (Å²) in [7, 11) is 1.96. The van der Waals surface area contributed by atoms with Gasteiger partial charge in [0.05, 0.1) is 12.2 Å². The SMILES string of the molecule is Cl.Cn1ncc2c1CCCC2NC(=O)CCc1ccccc1N. The van der Waals surface area contributed by atoms with Crippen LogP contribution in [0, 0.1) is 0 Å². The van der Waals surface area contributed by atoms with Crippen molar-refractivity contribution < 1.29 is 4.79 Å². The van der Waals surface area contributed by atoms with Gasteiger partial charge in [-0.1, -0.05) is 18.2 Å². The Morgan fingerprint density at radius 2 is 2.22 bits per heavy atom. The number of nitrogens with two attached hydrogens (primary N) is 1. The molecule has 1 aromatic carbocycles. The number of aryl methyl sites for hydroxylation is 2. The maximum Gasteiger partial charge on any atom is 0.220 e. The first-order valence-corrected chi connectivity index (χ1v) is 7.78. The number of carbonyl (C=O) groups is 1. The van der Waals surface area contributed by atoms with Gasteiger partial charge in [-0.2, -0.15) is 5.10 Å². The summed E-state index contributed by atoms with van der Waals surface area (Å²) in [6, 6.07) is 7.80. The van der Waals surface area contributed by atoms with E-state index in [4.69, 9.17) is 5.73 Å². The van der Waals surface area contributed by atoms with Gasteiger partial charge in [0.15, 0.2) is 0 Å². The number of benzene rings is 1. The molecule has 0 bridgehead atoms. The Labute approximate surface area is 142 Å². The number of hydrogen-bond donors (Lipinski definition) is 2. The fraction of sp³-hybridized carbons (Fsp3) is 0.412. The van der Waals surface area contributed by atoms with Crippen molar-refractivity contribution in [1.29, 1.82) is 0 Å². The second-order valence-electron chi connectivity index (χ2n) is 5.88. The minimum absolute atomic E-state index is 0. The van der Waals surface area contributed by atoms with E-state index in [1.807, 2.05) is 42.2 Å². The lowest BCUT2D eigenvalue weighted by atomic mass is 9.93. The van der Waals surface area contributed by atoms with Crippen molar-refractivity contribution in [2.75, 3.05) is 5.73 Å². The molecule has 3 N–H and O–H groups in total. The lowest BCUT2D eigenvalue weighted by Gasteiger charge is -2.23. The summed E-state index contributed by atoms with van der Waals surface area (Å²) in [5.41, 5.74) is 10.1. The number of nitrogens with one attached hydrogen (secondary N) is 1. The van der Waals surface area contributed by atoms with Crippen LogP contribution >= 0.6 is 12.4 Å². The normalized spacial score (nSPS) is 16.3. The minimum atomic E-state index is 0. The molecule has 1 aromatic heterocycles. The third kappa shape index (κ3) is 3.85. The number of hydrogen-bond acceptors (Lipinski definition) is 3. The van der Waals surface area contributed by atoms with Gasteiger partial charge >= 0.3 is 0 Å². The molecule has 124 valence electrons. The second-order valence-corrected chi connectivity index (χ2v) is 5.88. The molecule has 1 aliphatic carbocycles. The van der Waals surface area contributed by atoms with Gasteiger partial charge in [-0.05, 0) is 37.3 Å². The molecule has 5 nitrogen and oxygen atoms in total. The fourth-order valence-corrected chi connectivity index (χ4v) is 3.13. The molecule has 0 fully saturated rings. The zero-order chi connectivity index (χ0) is 15.5. The average molecular weight is 335 g/mol. The van der Waals surface area contributed by atoms with Crippen LogP contribution in [-0.2, 0) is 24.7 Å². The summed E-state index contributed by atoms with van der Waals surface area (Å²) in [5, 5.41) is 7.45. The monoisotopic (exact) mass is 334 g/mol. The van der Waals surface area contributed by atoms with Gasteiger partial charge in [-0.3, -0.25) is 9.48 Å². The largest absolute Gasteiger partial charge is 0.399 e. The number of anilines is 1. The number of halogens is 1. The van der Waals surface area contributed by atoms with E-state index in [1.54, 1.807) is 0 Å². The molecule has 0 saturated carbocycles. The third-order valence-electron chi connectivity index (χ3n) is 4.39. The zero-order valence-electron chi connectivity index (χ0n) is 13.3. The molecule has 6 heteroatoms. The Balaban J connectivity index is 0.00000192. The summed E-state index contributed by atoms with van der Waals surface area (Å²) in [5.74, 6) is 0.0740. The maximum atomic E-state index is 12.2. The molecule has 1 atom stereocenters. The average Bonchev–Trinajstić information content (AvgIpc) is 2.89. The summed E-state index contributed by atoms with van der Waals surface area (Å²) in [4.78, 5) is 12.2. The molecular weight excluding hydrogens is 312 g/mol. The van der Waals surface area contributed by atoms with Crippen molar-refractivity contribution in [3.63, 3.8) is 0 Å². The van der Waals surface area contributed by atoms with Gasteiger partial charge in [0.2, 0.25) is 5.91 Å². The summed E-state index contributed by atoms with van der Waals surface area (Å²) in [6.07, 6.45) is 6.12. The van der Waals surface area contributed by atoms with Crippen molar-refractivity contribution in [2.24, 2.45) is 7.05 Å². The van der Waals surface area contributed by atoms with Crippen LogP contribution in [0.5, 0.6) is 0 Å². The highest BCUT2D eigenvalue weighted by Crippen LogP contribution is 2.29. The number of rotatable bonds is 4. The highest BCUT2D eigenvalue weighted by atomic mass is 35.5. The van der Waals surface area contributed by atoms with Crippen molar-refractivity contribution in [3.05, 3.63) is 47.3 Å². The third-order valence-corrected chi connectivity index (χ3v) is 4.39.